The first kappa shape index (κ1) is 18.2. The van der Waals surface area contributed by atoms with Crippen LogP contribution in [0, 0.1) is 5.82 Å². The van der Waals surface area contributed by atoms with Crippen molar-refractivity contribution < 1.29 is 13.9 Å². The summed E-state index contributed by atoms with van der Waals surface area (Å²) in [6.07, 6.45) is 1.84. The quantitative estimate of drug-likeness (QED) is 0.699. The van der Waals surface area contributed by atoms with Gasteiger partial charge < -0.3 is 19.7 Å². The molecular formula is C19H21FN6O2. The van der Waals surface area contributed by atoms with E-state index in [9.17, 15) is 4.39 Å². The summed E-state index contributed by atoms with van der Waals surface area (Å²) in [7, 11) is 1.50. The minimum Gasteiger partial charge on any atom is -0.497 e. The summed E-state index contributed by atoms with van der Waals surface area (Å²) >= 11 is 0. The zero-order valence-electron chi connectivity index (χ0n) is 15.6. The zero-order chi connectivity index (χ0) is 19.5. The molecule has 1 aromatic carbocycles. The number of aromatic nitrogens is 4. The van der Waals surface area contributed by atoms with Crippen LogP contribution < -0.4 is 15.0 Å². The maximum atomic E-state index is 14.3. The van der Waals surface area contributed by atoms with Crippen LogP contribution in [-0.4, -0.2) is 53.1 Å². The van der Waals surface area contributed by atoms with Crippen molar-refractivity contribution in [2.45, 2.75) is 13.0 Å². The molecule has 0 bridgehead atoms. The molecule has 1 aliphatic rings. The first-order valence-corrected chi connectivity index (χ1v) is 8.98. The topological polar surface area (TPSA) is 88.2 Å². The first-order chi connectivity index (χ1) is 13.6. The van der Waals surface area contributed by atoms with E-state index < -0.39 is 0 Å². The molecule has 3 heterocycles. The minimum atomic E-state index is -0.389. The number of anilines is 3. The molecule has 9 heteroatoms. The second-order valence-corrected chi connectivity index (χ2v) is 6.51. The zero-order valence-corrected chi connectivity index (χ0v) is 15.6. The third-order valence-corrected chi connectivity index (χ3v) is 4.47. The van der Waals surface area contributed by atoms with Crippen LogP contribution in [-0.2, 0) is 4.74 Å². The van der Waals surface area contributed by atoms with E-state index in [1.54, 1.807) is 30.5 Å². The van der Waals surface area contributed by atoms with E-state index in [1.165, 1.54) is 13.2 Å². The van der Waals surface area contributed by atoms with Crippen LogP contribution in [0.3, 0.4) is 0 Å². The number of hydrogen-bond donors (Lipinski definition) is 2. The average molecular weight is 384 g/mol. The van der Waals surface area contributed by atoms with Crippen LogP contribution in [0.4, 0.5) is 22.0 Å². The Morgan fingerprint density at radius 3 is 2.96 bits per heavy atom. The van der Waals surface area contributed by atoms with Crippen LogP contribution in [0.2, 0.25) is 0 Å². The third-order valence-electron chi connectivity index (χ3n) is 4.47. The summed E-state index contributed by atoms with van der Waals surface area (Å²) in [6, 6.07) is 8.17. The van der Waals surface area contributed by atoms with Crippen molar-refractivity contribution in [2.75, 3.05) is 37.0 Å². The second kappa shape index (κ2) is 7.81. The summed E-state index contributed by atoms with van der Waals surface area (Å²) < 4.78 is 24.9. The molecule has 0 radical (unpaired) electrons. The fourth-order valence-electron chi connectivity index (χ4n) is 3.07. The van der Waals surface area contributed by atoms with E-state index in [0.717, 1.165) is 13.1 Å². The Kier molecular flexibility index (Phi) is 5.07. The highest BCUT2D eigenvalue weighted by atomic mass is 19.1. The summed E-state index contributed by atoms with van der Waals surface area (Å²) in [5, 5.41) is 10.2. The van der Waals surface area contributed by atoms with Crippen LogP contribution in [0.15, 0.2) is 36.5 Å². The maximum Gasteiger partial charge on any atom is 0.227 e. The van der Waals surface area contributed by atoms with Gasteiger partial charge in [-0.1, -0.05) is 0 Å². The van der Waals surface area contributed by atoms with Crippen LogP contribution in [0.5, 0.6) is 5.75 Å². The van der Waals surface area contributed by atoms with Gasteiger partial charge in [0.2, 0.25) is 5.95 Å². The van der Waals surface area contributed by atoms with Gasteiger partial charge in [-0.3, -0.25) is 5.10 Å². The predicted molar refractivity (Wildman–Crippen MR) is 103 cm³/mol. The van der Waals surface area contributed by atoms with Crippen molar-refractivity contribution >= 4 is 17.6 Å². The van der Waals surface area contributed by atoms with Gasteiger partial charge >= 0.3 is 0 Å². The van der Waals surface area contributed by atoms with Gasteiger partial charge in [-0.05, 0) is 25.1 Å². The van der Waals surface area contributed by atoms with Crippen molar-refractivity contribution in [1.29, 1.82) is 0 Å². The molecule has 1 unspecified atom stereocenters. The number of nitrogens with zero attached hydrogens (tertiary/aromatic N) is 4. The number of rotatable bonds is 5. The number of ether oxygens (including phenoxy) is 2. The number of aromatic amines is 1. The van der Waals surface area contributed by atoms with E-state index in [2.05, 4.69) is 30.4 Å². The van der Waals surface area contributed by atoms with Gasteiger partial charge in [-0.15, -0.1) is 0 Å². The lowest BCUT2D eigenvalue weighted by atomic mass is 10.1. The molecule has 1 aliphatic heterocycles. The third kappa shape index (κ3) is 3.89. The Hall–Kier alpha value is -3.20. The lowest BCUT2D eigenvalue weighted by Crippen LogP contribution is -2.42. The molecule has 28 heavy (non-hydrogen) atoms. The summed E-state index contributed by atoms with van der Waals surface area (Å²) in [5.74, 6) is 1.85. The maximum absolute atomic E-state index is 14.3. The minimum absolute atomic E-state index is 0.141. The summed E-state index contributed by atoms with van der Waals surface area (Å²) in [6.45, 7) is 4.17. The van der Waals surface area contributed by atoms with Gasteiger partial charge in [0.05, 0.1) is 25.5 Å². The fourth-order valence-corrected chi connectivity index (χ4v) is 3.07. The molecule has 4 rings (SSSR count). The summed E-state index contributed by atoms with van der Waals surface area (Å²) in [5.41, 5.74) is 0.964. The molecule has 1 saturated heterocycles. The highest BCUT2D eigenvalue weighted by Crippen LogP contribution is 2.27. The molecule has 3 aromatic rings. The van der Waals surface area contributed by atoms with Crippen LogP contribution in [0.25, 0.3) is 11.3 Å². The number of benzene rings is 1. The number of nitrogens with one attached hydrogen (secondary N) is 2. The van der Waals surface area contributed by atoms with E-state index in [4.69, 9.17) is 9.47 Å². The molecule has 1 fully saturated rings. The van der Waals surface area contributed by atoms with E-state index >= 15 is 0 Å². The number of halogens is 1. The number of hydrogen-bond acceptors (Lipinski definition) is 7. The fraction of sp³-hybridized carbons (Fsp3) is 0.316. The number of H-pyrrole nitrogens is 1. The van der Waals surface area contributed by atoms with Gasteiger partial charge in [-0.25, -0.2) is 9.37 Å². The largest absolute Gasteiger partial charge is 0.497 e. The molecule has 2 N–H and O–H groups in total. The first-order valence-electron chi connectivity index (χ1n) is 8.98. The van der Waals surface area contributed by atoms with Gasteiger partial charge in [0.25, 0.3) is 0 Å². The average Bonchev–Trinajstić information content (AvgIpc) is 3.16. The Morgan fingerprint density at radius 2 is 2.18 bits per heavy atom. The Bertz CT molecular complexity index is 963. The van der Waals surface area contributed by atoms with Crippen molar-refractivity contribution in [3.63, 3.8) is 0 Å². The second-order valence-electron chi connectivity index (χ2n) is 6.51. The van der Waals surface area contributed by atoms with Gasteiger partial charge in [0, 0.05) is 37.0 Å². The Labute approximate surface area is 161 Å². The molecule has 2 aromatic heterocycles. The van der Waals surface area contributed by atoms with Gasteiger partial charge in [0.1, 0.15) is 17.4 Å². The highest BCUT2D eigenvalue weighted by molar-refractivity contribution is 5.66. The van der Waals surface area contributed by atoms with E-state index in [-0.39, 0.29) is 11.9 Å². The molecular weight excluding hydrogens is 363 g/mol. The lowest BCUT2D eigenvalue weighted by molar-refractivity contribution is 0.0526. The van der Waals surface area contributed by atoms with Crippen LogP contribution in [0.1, 0.15) is 6.92 Å². The van der Waals surface area contributed by atoms with Crippen LogP contribution >= 0.6 is 0 Å². The molecule has 0 amide bonds. The standard InChI is InChI=1S/C19H21FN6O2/c1-12-11-26(7-8-28-12)19-21-6-5-17(23-19)22-18-10-16(24-25-18)14-4-3-13(27-2)9-15(14)20/h3-6,9-10,12H,7-8,11H2,1-2H3,(H2,21,22,23,24,25). The normalized spacial score (nSPS) is 16.8. The van der Waals surface area contributed by atoms with Crippen molar-refractivity contribution in [3.05, 3.63) is 42.3 Å². The summed E-state index contributed by atoms with van der Waals surface area (Å²) in [4.78, 5) is 11.0. The molecule has 0 saturated carbocycles. The molecule has 1 atom stereocenters. The molecule has 8 nitrogen and oxygen atoms in total. The van der Waals surface area contributed by atoms with Gasteiger partial charge in [0.15, 0.2) is 5.82 Å². The Morgan fingerprint density at radius 1 is 1.29 bits per heavy atom. The number of methoxy groups -OCH3 is 1. The molecule has 0 aliphatic carbocycles. The smallest absolute Gasteiger partial charge is 0.227 e. The van der Waals surface area contributed by atoms with Crippen molar-refractivity contribution in [3.8, 4) is 17.0 Å². The van der Waals surface area contributed by atoms with E-state index in [1.807, 2.05) is 6.92 Å². The molecule has 0 spiro atoms. The predicted octanol–water partition coefficient (Wildman–Crippen LogP) is 2.98. The molecule has 146 valence electrons. The van der Waals surface area contributed by atoms with Crippen molar-refractivity contribution in [2.24, 2.45) is 0 Å². The monoisotopic (exact) mass is 384 g/mol. The van der Waals surface area contributed by atoms with Gasteiger partial charge in [-0.2, -0.15) is 10.1 Å². The van der Waals surface area contributed by atoms with Crippen molar-refractivity contribution in [1.82, 2.24) is 20.2 Å². The highest BCUT2D eigenvalue weighted by Gasteiger charge is 2.19. The lowest BCUT2D eigenvalue weighted by Gasteiger charge is -2.31. The Balaban J connectivity index is 1.50. The number of morpholine rings is 1. The van der Waals surface area contributed by atoms with E-state index in [0.29, 0.717) is 41.2 Å². The SMILES string of the molecule is COc1ccc(-c2cc(Nc3ccnc(N4CCOC(C)C4)n3)n[nH]2)c(F)c1.